The Balaban J connectivity index is 1.39. The molecule has 1 aliphatic heterocycles. The summed E-state index contributed by atoms with van der Waals surface area (Å²) in [6.45, 7) is 4.20. The van der Waals surface area contributed by atoms with Crippen LogP contribution in [0.3, 0.4) is 0 Å². The minimum absolute atomic E-state index is 0.0926. The Morgan fingerprint density at radius 3 is 2.67 bits per heavy atom. The van der Waals surface area contributed by atoms with Gasteiger partial charge in [-0.25, -0.2) is 4.98 Å². The number of H-pyrrole nitrogens is 1. The fourth-order valence-electron chi connectivity index (χ4n) is 3.11. The highest BCUT2D eigenvalue weighted by Crippen LogP contribution is 2.15. The molecule has 0 radical (unpaired) electrons. The second kappa shape index (κ2) is 6.41. The van der Waals surface area contributed by atoms with E-state index < -0.39 is 0 Å². The first kappa shape index (κ1) is 14.8. The van der Waals surface area contributed by atoms with Gasteiger partial charge in [0.15, 0.2) is 0 Å². The van der Waals surface area contributed by atoms with Gasteiger partial charge in [-0.3, -0.25) is 14.7 Å². The lowest BCUT2D eigenvalue weighted by Gasteiger charge is -2.34. The first-order valence-corrected chi connectivity index (χ1v) is 8.13. The standard InChI is InChI=1S/C18H19N5O/c24-18(15-1-2-16-17(11-15)21-13-20-16)23-9-7-22(8-10-23)12-14-3-5-19-6-4-14/h1-6,11,13H,7-10,12H2,(H,20,21). The molecule has 0 spiro atoms. The third-order valence-corrected chi connectivity index (χ3v) is 4.48. The monoisotopic (exact) mass is 321 g/mol. The van der Waals surface area contributed by atoms with Gasteiger partial charge in [-0.15, -0.1) is 0 Å². The van der Waals surface area contributed by atoms with E-state index in [2.05, 4.69) is 19.9 Å². The molecule has 122 valence electrons. The predicted octanol–water partition coefficient (Wildman–Crippen LogP) is 1.92. The Kier molecular flexibility index (Phi) is 3.96. The minimum Gasteiger partial charge on any atom is -0.345 e. The van der Waals surface area contributed by atoms with Crippen LogP contribution in [0.15, 0.2) is 49.1 Å². The largest absolute Gasteiger partial charge is 0.345 e. The Morgan fingerprint density at radius 1 is 1.08 bits per heavy atom. The molecule has 6 heteroatoms. The number of aromatic nitrogens is 3. The molecule has 1 amide bonds. The lowest BCUT2D eigenvalue weighted by atomic mass is 10.1. The molecule has 4 rings (SSSR count). The zero-order valence-corrected chi connectivity index (χ0v) is 13.4. The van der Waals surface area contributed by atoms with E-state index in [1.54, 1.807) is 6.33 Å². The number of carbonyl (C=O) groups is 1. The van der Waals surface area contributed by atoms with Crippen LogP contribution >= 0.6 is 0 Å². The summed E-state index contributed by atoms with van der Waals surface area (Å²) in [5, 5.41) is 0. The number of amides is 1. The maximum absolute atomic E-state index is 12.7. The number of nitrogens with one attached hydrogen (secondary N) is 1. The van der Waals surface area contributed by atoms with Crippen LogP contribution in [0.5, 0.6) is 0 Å². The number of hydrogen-bond donors (Lipinski definition) is 1. The molecule has 3 aromatic rings. The topological polar surface area (TPSA) is 65.1 Å². The van der Waals surface area contributed by atoms with Gasteiger partial charge in [0.25, 0.3) is 5.91 Å². The average Bonchev–Trinajstić information content (AvgIpc) is 3.10. The van der Waals surface area contributed by atoms with Crippen LogP contribution in [0, 0.1) is 0 Å². The number of fused-ring (bicyclic) bond motifs is 1. The van der Waals surface area contributed by atoms with Crippen LogP contribution in [0.1, 0.15) is 15.9 Å². The molecule has 0 saturated carbocycles. The second-order valence-corrected chi connectivity index (χ2v) is 6.06. The van der Waals surface area contributed by atoms with Crippen LogP contribution < -0.4 is 0 Å². The van der Waals surface area contributed by atoms with E-state index in [4.69, 9.17) is 0 Å². The number of nitrogens with zero attached hydrogens (tertiary/aromatic N) is 4. The van der Waals surface area contributed by atoms with Crippen molar-refractivity contribution in [1.29, 1.82) is 0 Å². The number of piperazine rings is 1. The number of pyridine rings is 1. The maximum Gasteiger partial charge on any atom is 0.254 e. The molecule has 1 aromatic carbocycles. The summed E-state index contributed by atoms with van der Waals surface area (Å²) in [7, 11) is 0. The molecule has 0 unspecified atom stereocenters. The van der Waals surface area contributed by atoms with Crippen molar-refractivity contribution in [3.05, 3.63) is 60.2 Å². The lowest BCUT2D eigenvalue weighted by Crippen LogP contribution is -2.48. The van der Waals surface area contributed by atoms with Crippen LogP contribution in [-0.4, -0.2) is 56.8 Å². The molecule has 2 aromatic heterocycles. The van der Waals surface area contributed by atoms with Gasteiger partial charge in [-0.1, -0.05) is 0 Å². The van der Waals surface area contributed by atoms with Crippen LogP contribution in [0.25, 0.3) is 11.0 Å². The molecule has 6 nitrogen and oxygen atoms in total. The van der Waals surface area contributed by atoms with Crippen LogP contribution in [0.2, 0.25) is 0 Å². The van der Waals surface area contributed by atoms with Gasteiger partial charge in [-0.05, 0) is 35.9 Å². The van der Waals surface area contributed by atoms with E-state index in [0.717, 1.165) is 43.8 Å². The van der Waals surface area contributed by atoms with Crippen molar-refractivity contribution >= 4 is 16.9 Å². The van der Waals surface area contributed by atoms with Gasteiger partial charge in [-0.2, -0.15) is 0 Å². The van der Waals surface area contributed by atoms with Crippen molar-refractivity contribution in [1.82, 2.24) is 24.8 Å². The molecule has 1 N–H and O–H groups in total. The van der Waals surface area contributed by atoms with E-state index in [0.29, 0.717) is 5.56 Å². The second-order valence-electron chi connectivity index (χ2n) is 6.06. The summed E-state index contributed by atoms with van der Waals surface area (Å²) < 4.78 is 0. The Labute approximate surface area is 140 Å². The Hall–Kier alpha value is -2.73. The SMILES string of the molecule is O=C(c1ccc2nc[nH]c2c1)N1CCN(Cc2ccncc2)CC1. The van der Waals surface area contributed by atoms with Gasteiger partial charge in [0.2, 0.25) is 0 Å². The molecular formula is C18H19N5O. The third kappa shape index (κ3) is 3.00. The van der Waals surface area contributed by atoms with Crippen molar-refractivity contribution in [2.75, 3.05) is 26.2 Å². The highest BCUT2D eigenvalue weighted by atomic mass is 16.2. The molecule has 0 bridgehead atoms. The van der Waals surface area contributed by atoms with Crippen molar-refractivity contribution in [2.45, 2.75) is 6.54 Å². The summed E-state index contributed by atoms with van der Waals surface area (Å²) in [5.74, 6) is 0.0926. The number of hydrogen-bond acceptors (Lipinski definition) is 4. The van der Waals surface area contributed by atoms with Gasteiger partial charge in [0.1, 0.15) is 0 Å². The summed E-state index contributed by atoms with van der Waals surface area (Å²) in [6.07, 6.45) is 5.29. The molecular weight excluding hydrogens is 302 g/mol. The van der Waals surface area contributed by atoms with E-state index in [-0.39, 0.29) is 5.91 Å². The van der Waals surface area contributed by atoms with Crippen LogP contribution in [-0.2, 0) is 6.54 Å². The van der Waals surface area contributed by atoms with E-state index >= 15 is 0 Å². The molecule has 0 aliphatic carbocycles. The predicted molar refractivity (Wildman–Crippen MR) is 91.5 cm³/mol. The van der Waals surface area contributed by atoms with Gasteiger partial charge in [0, 0.05) is 50.7 Å². The molecule has 24 heavy (non-hydrogen) atoms. The maximum atomic E-state index is 12.7. The summed E-state index contributed by atoms with van der Waals surface area (Å²) in [5.41, 5.74) is 3.76. The fraction of sp³-hybridized carbons (Fsp3) is 0.278. The van der Waals surface area contributed by atoms with E-state index in [1.165, 1.54) is 5.56 Å². The van der Waals surface area contributed by atoms with Gasteiger partial charge in [0.05, 0.1) is 17.4 Å². The van der Waals surface area contributed by atoms with Crippen molar-refractivity contribution in [2.24, 2.45) is 0 Å². The number of carbonyl (C=O) groups excluding carboxylic acids is 1. The third-order valence-electron chi connectivity index (χ3n) is 4.48. The number of benzene rings is 1. The lowest BCUT2D eigenvalue weighted by molar-refractivity contribution is 0.0628. The summed E-state index contributed by atoms with van der Waals surface area (Å²) in [6, 6.07) is 9.70. The number of rotatable bonds is 3. The number of aromatic amines is 1. The normalized spacial score (nSPS) is 15.8. The molecule has 1 saturated heterocycles. The van der Waals surface area contributed by atoms with Crippen molar-refractivity contribution < 1.29 is 4.79 Å². The number of imidazole rings is 1. The van der Waals surface area contributed by atoms with Gasteiger partial charge < -0.3 is 9.88 Å². The molecule has 1 aliphatic rings. The highest BCUT2D eigenvalue weighted by molar-refractivity contribution is 5.97. The van der Waals surface area contributed by atoms with Crippen molar-refractivity contribution in [3.63, 3.8) is 0 Å². The average molecular weight is 321 g/mol. The van der Waals surface area contributed by atoms with Crippen molar-refractivity contribution in [3.8, 4) is 0 Å². The highest BCUT2D eigenvalue weighted by Gasteiger charge is 2.22. The zero-order valence-electron chi connectivity index (χ0n) is 13.4. The first-order chi connectivity index (χ1) is 11.8. The summed E-state index contributed by atoms with van der Waals surface area (Å²) in [4.78, 5) is 28.3. The first-order valence-electron chi connectivity index (χ1n) is 8.13. The smallest absolute Gasteiger partial charge is 0.254 e. The Bertz CT molecular complexity index is 837. The summed E-state index contributed by atoms with van der Waals surface area (Å²) >= 11 is 0. The van der Waals surface area contributed by atoms with Crippen LogP contribution in [0.4, 0.5) is 0 Å². The Morgan fingerprint density at radius 2 is 1.88 bits per heavy atom. The molecule has 3 heterocycles. The minimum atomic E-state index is 0.0926. The zero-order chi connectivity index (χ0) is 16.4. The molecule has 0 atom stereocenters. The van der Waals surface area contributed by atoms with E-state index in [9.17, 15) is 4.79 Å². The van der Waals surface area contributed by atoms with E-state index in [1.807, 2.05) is 47.6 Å². The molecule has 1 fully saturated rings. The fourth-order valence-corrected chi connectivity index (χ4v) is 3.11. The van der Waals surface area contributed by atoms with Gasteiger partial charge >= 0.3 is 0 Å². The quantitative estimate of drug-likeness (QED) is 0.800.